The van der Waals surface area contributed by atoms with Crippen molar-refractivity contribution in [1.29, 1.82) is 0 Å². The summed E-state index contributed by atoms with van der Waals surface area (Å²) in [6.45, 7) is 6.89. The number of carbonyl (C=O) groups excluding carboxylic acids is 2. The first kappa shape index (κ1) is 16.7. The lowest BCUT2D eigenvalue weighted by atomic mass is 9.85. The summed E-state index contributed by atoms with van der Waals surface area (Å²) >= 11 is 1.89. The molecule has 1 unspecified atom stereocenters. The summed E-state index contributed by atoms with van der Waals surface area (Å²) in [5.74, 6) is 2.75. The van der Waals surface area contributed by atoms with E-state index in [-0.39, 0.29) is 17.9 Å². The minimum Gasteiger partial charge on any atom is -0.342 e. The summed E-state index contributed by atoms with van der Waals surface area (Å²) in [6.07, 6.45) is 4.50. The van der Waals surface area contributed by atoms with Gasteiger partial charge in [-0.1, -0.05) is 20.8 Å². The van der Waals surface area contributed by atoms with Crippen LogP contribution in [0.1, 0.15) is 52.9 Å². The summed E-state index contributed by atoms with van der Waals surface area (Å²) in [7, 11) is 0. The number of piperazine rings is 1. The van der Waals surface area contributed by atoms with Gasteiger partial charge in [-0.3, -0.25) is 9.59 Å². The number of amides is 2. The second kappa shape index (κ2) is 7.03. The maximum Gasteiger partial charge on any atom is 0.246 e. The fraction of sp³-hybridized carbons (Fsp3) is 0.875. The van der Waals surface area contributed by atoms with Gasteiger partial charge in [-0.15, -0.1) is 0 Å². The average molecular weight is 312 g/mol. The fourth-order valence-electron chi connectivity index (χ4n) is 3.33. The maximum atomic E-state index is 12.9. The minimum atomic E-state index is -0.626. The lowest BCUT2D eigenvalue weighted by molar-refractivity contribution is -0.159. The number of hydrogen-bond acceptors (Lipinski definition) is 3. The molecule has 21 heavy (non-hydrogen) atoms. The summed E-state index contributed by atoms with van der Waals surface area (Å²) in [6, 6.07) is -0.262. The van der Waals surface area contributed by atoms with Crippen LogP contribution in [0.4, 0.5) is 0 Å². The number of thioether (sulfide) groups is 1. The van der Waals surface area contributed by atoms with Crippen LogP contribution in [-0.4, -0.2) is 46.3 Å². The van der Waals surface area contributed by atoms with Crippen molar-refractivity contribution in [2.24, 2.45) is 5.92 Å². The van der Waals surface area contributed by atoms with Crippen molar-refractivity contribution < 1.29 is 9.59 Å². The predicted molar refractivity (Wildman–Crippen MR) is 87.3 cm³/mol. The predicted octanol–water partition coefficient (Wildman–Crippen LogP) is 2.43. The molecule has 0 bridgehead atoms. The molecular weight excluding hydrogens is 284 g/mol. The highest BCUT2D eigenvalue weighted by Gasteiger charge is 2.53. The molecule has 120 valence electrons. The van der Waals surface area contributed by atoms with Crippen molar-refractivity contribution in [3.05, 3.63) is 0 Å². The van der Waals surface area contributed by atoms with E-state index in [9.17, 15) is 9.59 Å². The summed E-state index contributed by atoms with van der Waals surface area (Å²) in [5, 5.41) is 3.02. The van der Waals surface area contributed by atoms with Crippen molar-refractivity contribution in [3.63, 3.8) is 0 Å². The third-order valence-electron chi connectivity index (χ3n) is 4.90. The summed E-state index contributed by atoms with van der Waals surface area (Å²) in [5.41, 5.74) is -0.626. The second-order valence-electron chi connectivity index (χ2n) is 6.07. The lowest BCUT2D eigenvalue weighted by Gasteiger charge is -2.48. The molecule has 2 fully saturated rings. The van der Waals surface area contributed by atoms with Gasteiger partial charge in [-0.2, -0.15) is 11.8 Å². The highest BCUT2D eigenvalue weighted by Crippen LogP contribution is 2.38. The molecule has 1 N–H and O–H groups in total. The molecule has 1 aliphatic carbocycles. The molecule has 0 aromatic rings. The Hall–Kier alpha value is -0.710. The Balaban J connectivity index is 2.13. The molecule has 1 saturated carbocycles. The van der Waals surface area contributed by atoms with E-state index >= 15 is 0 Å². The number of carbonyl (C=O) groups is 2. The number of hydrogen-bond donors (Lipinski definition) is 1. The molecule has 2 rings (SSSR count). The highest BCUT2D eigenvalue weighted by molar-refractivity contribution is 7.99. The van der Waals surface area contributed by atoms with Gasteiger partial charge in [0.05, 0.1) is 0 Å². The zero-order valence-electron chi connectivity index (χ0n) is 13.5. The van der Waals surface area contributed by atoms with Gasteiger partial charge in [0, 0.05) is 6.54 Å². The zero-order valence-corrected chi connectivity index (χ0v) is 14.3. The molecule has 5 heteroatoms. The van der Waals surface area contributed by atoms with Crippen molar-refractivity contribution in [2.45, 2.75) is 64.5 Å². The molecule has 0 aromatic heterocycles. The highest BCUT2D eigenvalue weighted by atomic mass is 32.2. The Morgan fingerprint density at radius 3 is 2.43 bits per heavy atom. The normalized spacial score (nSPS) is 25.1. The van der Waals surface area contributed by atoms with E-state index in [1.165, 1.54) is 0 Å². The van der Waals surface area contributed by atoms with E-state index in [4.69, 9.17) is 0 Å². The first-order chi connectivity index (χ1) is 10.1. The molecule has 0 radical (unpaired) electrons. The van der Waals surface area contributed by atoms with Crippen LogP contribution in [0.2, 0.25) is 0 Å². The molecule has 1 heterocycles. The van der Waals surface area contributed by atoms with Crippen molar-refractivity contribution in [3.8, 4) is 0 Å². The van der Waals surface area contributed by atoms with Gasteiger partial charge in [0.15, 0.2) is 0 Å². The fourth-order valence-corrected chi connectivity index (χ4v) is 3.96. The quantitative estimate of drug-likeness (QED) is 0.700. The van der Waals surface area contributed by atoms with Gasteiger partial charge in [-0.05, 0) is 49.5 Å². The monoisotopic (exact) mass is 312 g/mol. The Bertz CT molecular complexity index is 392. The molecule has 2 aliphatic rings. The van der Waals surface area contributed by atoms with Crippen molar-refractivity contribution in [2.75, 3.05) is 18.1 Å². The Kier molecular flexibility index (Phi) is 5.58. The molecule has 1 aliphatic heterocycles. The van der Waals surface area contributed by atoms with Crippen LogP contribution in [0.15, 0.2) is 0 Å². The van der Waals surface area contributed by atoms with E-state index in [1.54, 1.807) is 0 Å². The van der Waals surface area contributed by atoms with E-state index in [0.717, 1.165) is 30.8 Å². The SMILES string of the molecule is CCSCCCN1C(=O)C(C2CC2)NC(=O)C1(CC)CC. The Labute approximate surface area is 132 Å². The van der Waals surface area contributed by atoms with Crippen molar-refractivity contribution in [1.82, 2.24) is 10.2 Å². The molecule has 0 aromatic carbocycles. The first-order valence-electron chi connectivity index (χ1n) is 8.30. The van der Waals surface area contributed by atoms with Gasteiger partial charge < -0.3 is 10.2 Å². The summed E-state index contributed by atoms with van der Waals surface area (Å²) < 4.78 is 0. The Morgan fingerprint density at radius 2 is 1.90 bits per heavy atom. The lowest BCUT2D eigenvalue weighted by Crippen LogP contribution is -2.70. The number of nitrogens with zero attached hydrogens (tertiary/aromatic N) is 1. The van der Waals surface area contributed by atoms with E-state index in [0.29, 0.717) is 25.3 Å². The van der Waals surface area contributed by atoms with Gasteiger partial charge >= 0.3 is 0 Å². The average Bonchev–Trinajstić information content (AvgIpc) is 3.31. The van der Waals surface area contributed by atoms with Crippen LogP contribution in [0.5, 0.6) is 0 Å². The van der Waals surface area contributed by atoms with E-state index in [1.807, 2.05) is 30.5 Å². The van der Waals surface area contributed by atoms with Gasteiger partial charge in [0.2, 0.25) is 11.8 Å². The molecule has 0 spiro atoms. The van der Waals surface area contributed by atoms with Crippen LogP contribution in [0.3, 0.4) is 0 Å². The summed E-state index contributed by atoms with van der Waals surface area (Å²) in [4.78, 5) is 27.4. The van der Waals surface area contributed by atoms with E-state index < -0.39 is 5.54 Å². The largest absolute Gasteiger partial charge is 0.342 e. The molecular formula is C16H28N2O2S. The third kappa shape index (κ3) is 3.22. The minimum absolute atomic E-state index is 0.0622. The maximum absolute atomic E-state index is 12.9. The van der Waals surface area contributed by atoms with Crippen LogP contribution >= 0.6 is 11.8 Å². The molecule has 1 atom stereocenters. The number of nitrogens with one attached hydrogen (secondary N) is 1. The second-order valence-corrected chi connectivity index (χ2v) is 7.46. The van der Waals surface area contributed by atoms with Crippen molar-refractivity contribution >= 4 is 23.6 Å². The van der Waals surface area contributed by atoms with Gasteiger partial charge in [0.1, 0.15) is 11.6 Å². The van der Waals surface area contributed by atoms with Crippen LogP contribution in [0.25, 0.3) is 0 Å². The third-order valence-corrected chi connectivity index (χ3v) is 5.88. The van der Waals surface area contributed by atoms with Gasteiger partial charge in [0.25, 0.3) is 0 Å². The van der Waals surface area contributed by atoms with Crippen LogP contribution in [-0.2, 0) is 9.59 Å². The molecule has 4 nitrogen and oxygen atoms in total. The van der Waals surface area contributed by atoms with Crippen LogP contribution in [0, 0.1) is 5.92 Å². The topological polar surface area (TPSA) is 49.4 Å². The smallest absolute Gasteiger partial charge is 0.246 e. The standard InChI is InChI=1S/C16H28N2O2S/c1-4-16(5-2)15(20)17-13(12-8-9-12)14(19)18(16)10-7-11-21-6-3/h12-13H,4-11H2,1-3H3,(H,17,20). The van der Waals surface area contributed by atoms with Gasteiger partial charge in [-0.25, -0.2) is 0 Å². The first-order valence-corrected chi connectivity index (χ1v) is 9.46. The molecule has 2 amide bonds. The van der Waals surface area contributed by atoms with E-state index in [2.05, 4.69) is 12.2 Å². The number of rotatable bonds is 8. The zero-order chi connectivity index (χ0) is 15.5. The van der Waals surface area contributed by atoms with Crippen LogP contribution < -0.4 is 5.32 Å². The Morgan fingerprint density at radius 1 is 1.24 bits per heavy atom. The molecule has 1 saturated heterocycles.